The molecule has 0 aromatic heterocycles. The van der Waals surface area contributed by atoms with Crippen LogP contribution in [0, 0.1) is 19.8 Å². The second kappa shape index (κ2) is 12.4. The lowest BCUT2D eigenvalue weighted by Crippen LogP contribution is -2.35. The smallest absolute Gasteiger partial charge is 0.300 e. The molecule has 1 aromatic rings. The highest BCUT2D eigenvalue weighted by atomic mass is 19.4. The molecule has 2 nitrogen and oxygen atoms in total. The van der Waals surface area contributed by atoms with Crippen LogP contribution in [0.1, 0.15) is 92.8 Å². The molecule has 2 fully saturated rings. The molecule has 29 heavy (non-hydrogen) atoms. The zero-order valence-electron chi connectivity index (χ0n) is 18.7. The summed E-state index contributed by atoms with van der Waals surface area (Å²) in [6, 6.07) is 2.94. The van der Waals surface area contributed by atoms with E-state index in [-0.39, 0.29) is 0 Å². The summed E-state index contributed by atoms with van der Waals surface area (Å²) in [7, 11) is 0. The van der Waals surface area contributed by atoms with Gasteiger partial charge in [-0.1, -0.05) is 33.6 Å². The van der Waals surface area contributed by atoms with Gasteiger partial charge in [-0.2, -0.15) is 13.2 Å². The minimum absolute atomic E-state index is 0.331. The summed E-state index contributed by atoms with van der Waals surface area (Å²) >= 11 is 0. The molecule has 166 valence electrons. The fraction of sp³-hybridized carbons (Fsp3) is 0.708. The van der Waals surface area contributed by atoms with Crippen molar-refractivity contribution >= 4 is 6.29 Å². The Kier molecular flexibility index (Phi) is 10.9. The summed E-state index contributed by atoms with van der Waals surface area (Å²) in [5.41, 5.74) is 0.329. The maximum atomic E-state index is 12.3. The number of nitrogens with zero attached hydrogens (tertiary/aromatic N) is 1. The highest BCUT2D eigenvalue weighted by Gasteiger charge is 2.32. The van der Waals surface area contributed by atoms with E-state index in [4.69, 9.17) is 0 Å². The number of benzene rings is 1. The molecule has 1 aliphatic heterocycles. The van der Waals surface area contributed by atoms with Crippen molar-refractivity contribution in [3.05, 3.63) is 34.4 Å². The molecule has 1 aromatic carbocycles. The van der Waals surface area contributed by atoms with Crippen LogP contribution in [0.3, 0.4) is 0 Å². The number of hydrogen-bond acceptors (Lipinski definition) is 2. The van der Waals surface area contributed by atoms with Crippen LogP contribution in [0.5, 0.6) is 0 Å². The van der Waals surface area contributed by atoms with E-state index >= 15 is 0 Å². The van der Waals surface area contributed by atoms with Gasteiger partial charge in [0.2, 0.25) is 0 Å². The fourth-order valence-corrected chi connectivity index (χ4v) is 4.60. The lowest BCUT2D eigenvalue weighted by molar-refractivity contribution is -0.137. The first-order valence-electron chi connectivity index (χ1n) is 11.2. The van der Waals surface area contributed by atoms with Gasteiger partial charge in [-0.15, -0.1) is 0 Å². The Balaban J connectivity index is 0.000000268. The number of aryl methyl sites for hydroxylation is 2. The minimum atomic E-state index is -4.35. The third-order valence-electron chi connectivity index (χ3n) is 5.93. The molecule has 1 saturated heterocycles. The lowest BCUT2D eigenvalue weighted by Gasteiger charge is -2.28. The standard InChI is InChI=1S/C12H23N.C10H9F3O.C2H6/c1-2-6-11-7-5-8-12(11)13-9-3-4-10-13;1-6-3-8(10(11,12)13)4-7(2)9(6)5-14;1-2/h11-12H,2-10H2,1H3;3-5H,1-2H3;1-2H3. The number of likely N-dealkylation sites (tertiary alicyclic amines) is 1. The van der Waals surface area contributed by atoms with Crippen LogP contribution in [-0.4, -0.2) is 30.3 Å². The van der Waals surface area contributed by atoms with E-state index in [1.807, 2.05) is 13.8 Å². The van der Waals surface area contributed by atoms with Crippen LogP contribution in [-0.2, 0) is 6.18 Å². The zero-order chi connectivity index (χ0) is 22.0. The van der Waals surface area contributed by atoms with Gasteiger partial charge in [0.25, 0.3) is 0 Å². The van der Waals surface area contributed by atoms with Crippen molar-refractivity contribution in [2.45, 2.75) is 91.8 Å². The SMILES string of the molecule is CC.CCCC1CCCC1N1CCCC1.Cc1cc(C(F)(F)F)cc(C)c1C=O. The van der Waals surface area contributed by atoms with E-state index in [1.54, 1.807) is 0 Å². The van der Waals surface area contributed by atoms with Crippen molar-refractivity contribution in [3.63, 3.8) is 0 Å². The predicted molar refractivity (Wildman–Crippen MR) is 114 cm³/mol. The molecule has 1 saturated carbocycles. The summed E-state index contributed by atoms with van der Waals surface area (Å²) in [4.78, 5) is 13.3. The third kappa shape index (κ3) is 7.44. The van der Waals surface area contributed by atoms with E-state index in [0.717, 1.165) is 24.1 Å². The number of alkyl halides is 3. The summed E-state index contributed by atoms with van der Waals surface area (Å²) in [6.07, 6.45) is 6.48. The van der Waals surface area contributed by atoms with Gasteiger partial charge in [0.1, 0.15) is 0 Å². The molecule has 0 N–H and O–H groups in total. The molecule has 0 bridgehead atoms. The number of hydrogen-bond donors (Lipinski definition) is 0. The second-order valence-electron chi connectivity index (χ2n) is 7.93. The normalized spacial score (nSPS) is 21.8. The second-order valence-corrected chi connectivity index (χ2v) is 7.93. The van der Waals surface area contributed by atoms with Crippen LogP contribution in [0.25, 0.3) is 0 Å². The van der Waals surface area contributed by atoms with Gasteiger partial charge in [-0.25, -0.2) is 0 Å². The monoisotopic (exact) mass is 413 g/mol. The van der Waals surface area contributed by atoms with Gasteiger partial charge in [0.15, 0.2) is 6.29 Å². The lowest BCUT2D eigenvalue weighted by atomic mass is 9.97. The first-order valence-corrected chi connectivity index (χ1v) is 11.2. The third-order valence-corrected chi connectivity index (χ3v) is 5.93. The Hall–Kier alpha value is -1.36. The van der Waals surface area contributed by atoms with Crippen molar-refractivity contribution in [1.82, 2.24) is 4.90 Å². The van der Waals surface area contributed by atoms with Gasteiger partial charge in [0.05, 0.1) is 5.56 Å². The average Bonchev–Trinajstić information content (AvgIpc) is 3.34. The molecular formula is C24H38F3NO. The molecule has 2 aliphatic rings. The Bertz CT molecular complexity index is 598. The van der Waals surface area contributed by atoms with Crippen LogP contribution in [0.15, 0.2) is 12.1 Å². The maximum Gasteiger partial charge on any atom is 0.416 e. The molecule has 0 spiro atoms. The van der Waals surface area contributed by atoms with Crippen LogP contribution < -0.4 is 0 Å². The van der Waals surface area contributed by atoms with E-state index in [9.17, 15) is 18.0 Å². The van der Waals surface area contributed by atoms with Gasteiger partial charge >= 0.3 is 6.18 Å². The van der Waals surface area contributed by atoms with Gasteiger partial charge in [-0.05, 0) is 88.2 Å². The fourth-order valence-electron chi connectivity index (χ4n) is 4.60. The highest BCUT2D eigenvalue weighted by molar-refractivity contribution is 5.79. The predicted octanol–water partition coefficient (Wildman–Crippen LogP) is 7.21. The molecule has 0 radical (unpaired) electrons. The van der Waals surface area contributed by atoms with Crippen molar-refractivity contribution in [2.24, 2.45) is 5.92 Å². The zero-order valence-corrected chi connectivity index (χ0v) is 18.7. The molecule has 1 aliphatic carbocycles. The largest absolute Gasteiger partial charge is 0.416 e. The summed E-state index contributed by atoms with van der Waals surface area (Å²) in [5, 5.41) is 0. The van der Waals surface area contributed by atoms with Crippen LogP contribution in [0.2, 0.25) is 0 Å². The maximum absolute atomic E-state index is 12.3. The number of rotatable bonds is 4. The quantitative estimate of drug-likeness (QED) is 0.486. The van der Waals surface area contributed by atoms with E-state index < -0.39 is 11.7 Å². The molecule has 3 rings (SSSR count). The molecule has 5 heteroatoms. The van der Waals surface area contributed by atoms with E-state index in [0.29, 0.717) is 23.0 Å². The van der Waals surface area contributed by atoms with Crippen molar-refractivity contribution in [3.8, 4) is 0 Å². The van der Waals surface area contributed by atoms with Crippen molar-refractivity contribution < 1.29 is 18.0 Å². The number of carbonyl (C=O) groups is 1. The van der Waals surface area contributed by atoms with Gasteiger partial charge in [-0.3, -0.25) is 4.79 Å². The average molecular weight is 414 g/mol. The first-order chi connectivity index (χ1) is 13.8. The molecular weight excluding hydrogens is 375 g/mol. The summed E-state index contributed by atoms with van der Waals surface area (Å²) in [6.45, 7) is 12.1. The van der Waals surface area contributed by atoms with Crippen LogP contribution in [0.4, 0.5) is 13.2 Å². The van der Waals surface area contributed by atoms with Crippen LogP contribution >= 0.6 is 0 Å². The molecule has 2 unspecified atom stereocenters. The first kappa shape index (κ1) is 25.7. The minimum Gasteiger partial charge on any atom is -0.300 e. The topological polar surface area (TPSA) is 20.3 Å². The summed E-state index contributed by atoms with van der Waals surface area (Å²) < 4.78 is 36.9. The van der Waals surface area contributed by atoms with E-state index in [2.05, 4.69) is 11.8 Å². The molecule has 1 heterocycles. The Morgan fingerprint density at radius 3 is 2.03 bits per heavy atom. The molecule has 0 amide bonds. The molecule has 2 atom stereocenters. The Morgan fingerprint density at radius 2 is 1.59 bits per heavy atom. The Morgan fingerprint density at radius 1 is 1.03 bits per heavy atom. The number of aldehydes is 1. The number of halogens is 3. The highest BCUT2D eigenvalue weighted by Crippen LogP contribution is 2.34. The van der Waals surface area contributed by atoms with Crippen molar-refractivity contribution in [2.75, 3.05) is 13.1 Å². The van der Waals surface area contributed by atoms with E-state index in [1.165, 1.54) is 71.9 Å². The van der Waals surface area contributed by atoms with Gasteiger partial charge < -0.3 is 4.90 Å². The Labute approximate surface area is 174 Å². The summed E-state index contributed by atoms with van der Waals surface area (Å²) in [5.74, 6) is 1.04. The van der Waals surface area contributed by atoms with Gasteiger partial charge in [0, 0.05) is 11.6 Å². The van der Waals surface area contributed by atoms with Crippen molar-refractivity contribution in [1.29, 1.82) is 0 Å². The number of carbonyl (C=O) groups excluding carboxylic acids is 1.